The third-order valence-electron chi connectivity index (χ3n) is 4.13. The van der Waals surface area contributed by atoms with Gasteiger partial charge in [-0.1, -0.05) is 6.07 Å². The van der Waals surface area contributed by atoms with E-state index in [1.807, 2.05) is 0 Å². The van der Waals surface area contributed by atoms with Gasteiger partial charge in [0.1, 0.15) is 5.76 Å². The van der Waals surface area contributed by atoms with Crippen molar-refractivity contribution < 1.29 is 18.0 Å². The van der Waals surface area contributed by atoms with Crippen LogP contribution < -0.4 is 5.32 Å². The number of carbonyl (C=O) groups is 1. The van der Waals surface area contributed by atoms with Crippen LogP contribution in [0.25, 0.3) is 11.5 Å². The highest BCUT2D eigenvalue weighted by Crippen LogP contribution is 2.26. The summed E-state index contributed by atoms with van der Waals surface area (Å²) >= 11 is 0. The van der Waals surface area contributed by atoms with Crippen LogP contribution in [-0.4, -0.2) is 34.9 Å². The first-order chi connectivity index (χ1) is 11.4. The molecule has 1 saturated heterocycles. The Labute approximate surface area is 138 Å². The van der Waals surface area contributed by atoms with Gasteiger partial charge >= 0.3 is 0 Å². The molecule has 0 radical (unpaired) electrons. The largest absolute Gasteiger partial charge is 0.441 e. The normalized spacial score (nSPS) is 18.1. The zero-order chi connectivity index (χ0) is 17.3. The molecule has 0 aliphatic carbocycles. The van der Waals surface area contributed by atoms with E-state index in [4.69, 9.17) is 4.42 Å². The fourth-order valence-electron chi connectivity index (χ4n) is 2.95. The maximum atomic E-state index is 13.9. The Bertz CT molecular complexity index is 760. The van der Waals surface area contributed by atoms with E-state index >= 15 is 0 Å². The SMILES string of the molecule is CC(=O)N[C@H]1CCN(Cc2nc(-c3cccc(F)c3F)oc2C)C1. The van der Waals surface area contributed by atoms with Crippen molar-refractivity contribution in [1.29, 1.82) is 0 Å². The summed E-state index contributed by atoms with van der Waals surface area (Å²) in [6.07, 6.45) is 0.877. The molecule has 5 nitrogen and oxygen atoms in total. The van der Waals surface area contributed by atoms with Gasteiger partial charge in [0.25, 0.3) is 0 Å². The van der Waals surface area contributed by atoms with E-state index in [0.29, 0.717) is 18.0 Å². The number of halogens is 2. The van der Waals surface area contributed by atoms with Crippen molar-refractivity contribution in [3.05, 3.63) is 41.3 Å². The molecule has 1 aliphatic rings. The second-order valence-electron chi connectivity index (χ2n) is 6.04. The Morgan fingerprint density at radius 2 is 2.25 bits per heavy atom. The number of aryl methyl sites for hydroxylation is 1. The van der Waals surface area contributed by atoms with Gasteiger partial charge in [-0.15, -0.1) is 0 Å². The van der Waals surface area contributed by atoms with Crippen molar-refractivity contribution in [2.45, 2.75) is 32.9 Å². The Hall–Kier alpha value is -2.28. The molecule has 2 heterocycles. The highest BCUT2D eigenvalue weighted by atomic mass is 19.2. The summed E-state index contributed by atoms with van der Waals surface area (Å²) in [5, 5.41) is 2.90. The summed E-state index contributed by atoms with van der Waals surface area (Å²) in [5.74, 6) is -1.27. The number of benzene rings is 1. The quantitative estimate of drug-likeness (QED) is 0.933. The molecule has 1 N–H and O–H groups in total. The topological polar surface area (TPSA) is 58.4 Å². The number of carbonyl (C=O) groups excluding carboxylic acids is 1. The first kappa shape index (κ1) is 16.6. The second-order valence-corrected chi connectivity index (χ2v) is 6.04. The minimum absolute atomic E-state index is 0.0156. The number of nitrogens with zero attached hydrogens (tertiary/aromatic N) is 2. The first-order valence-electron chi connectivity index (χ1n) is 7.84. The van der Waals surface area contributed by atoms with Gasteiger partial charge in [0.05, 0.1) is 11.3 Å². The predicted molar refractivity (Wildman–Crippen MR) is 84.1 cm³/mol. The summed E-state index contributed by atoms with van der Waals surface area (Å²) in [7, 11) is 0. The highest BCUT2D eigenvalue weighted by molar-refractivity contribution is 5.73. The molecular formula is C17H19F2N3O2. The molecule has 1 aromatic carbocycles. The average molecular weight is 335 g/mol. The van der Waals surface area contributed by atoms with E-state index in [0.717, 1.165) is 25.6 Å². The predicted octanol–water partition coefficient (Wildman–Crippen LogP) is 2.64. The minimum Gasteiger partial charge on any atom is -0.441 e. The van der Waals surface area contributed by atoms with Gasteiger partial charge in [-0.3, -0.25) is 9.69 Å². The Kier molecular flexibility index (Phi) is 4.62. The zero-order valence-corrected chi connectivity index (χ0v) is 13.6. The van der Waals surface area contributed by atoms with E-state index < -0.39 is 11.6 Å². The molecule has 7 heteroatoms. The fourth-order valence-corrected chi connectivity index (χ4v) is 2.95. The summed E-state index contributed by atoms with van der Waals surface area (Å²) in [4.78, 5) is 17.6. The van der Waals surface area contributed by atoms with Gasteiger partial charge in [-0.05, 0) is 25.5 Å². The molecular weight excluding hydrogens is 316 g/mol. The number of amides is 1. The Balaban J connectivity index is 1.73. The molecule has 0 saturated carbocycles. The van der Waals surface area contributed by atoms with E-state index in [-0.39, 0.29) is 23.4 Å². The molecule has 1 aliphatic heterocycles. The standard InChI is InChI=1S/C17H19F2N3O2/c1-10-15(9-22-7-6-12(8-22)20-11(2)23)21-17(24-10)13-4-3-5-14(18)16(13)19/h3-5,12H,6-9H2,1-2H3,(H,20,23)/t12-/m0/s1. The molecule has 128 valence electrons. The van der Waals surface area contributed by atoms with E-state index in [1.165, 1.54) is 19.1 Å². The number of hydrogen-bond acceptors (Lipinski definition) is 4. The van der Waals surface area contributed by atoms with Crippen LogP contribution in [0.5, 0.6) is 0 Å². The molecule has 0 unspecified atom stereocenters. The molecule has 1 amide bonds. The number of oxazole rings is 1. The lowest BCUT2D eigenvalue weighted by Crippen LogP contribution is -2.35. The maximum absolute atomic E-state index is 13.9. The third-order valence-corrected chi connectivity index (χ3v) is 4.13. The molecule has 2 aromatic rings. The summed E-state index contributed by atoms with van der Waals surface area (Å²) in [5.41, 5.74) is 0.707. The lowest BCUT2D eigenvalue weighted by atomic mass is 10.2. The van der Waals surface area contributed by atoms with Crippen LogP contribution >= 0.6 is 0 Å². The van der Waals surface area contributed by atoms with Crippen molar-refractivity contribution in [3.63, 3.8) is 0 Å². The number of hydrogen-bond donors (Lipinski definition) is 1. The summed E-state index contributed by atoms with van der Waals surface area (Å²) < 4.78 is 32.8. The number of rotatable bonds is 4. The maximum Gasteiger partial charge on any atom is 0.229 e. The van der Waals surface area contributed by atoms with Gasteiger partial charge in [-0.25, -0.2) is 13.8 Å². The number of nitrogens with one attached hydrogen (secondary N) is 1. The van der Waals surface area contributed by atoms with Gasteiger partial charge in [0.15, 0.2) is 11.6 Å². The molecule has 1 fully saturated rings. The minimum atomic E-state index is -0.961. The Morgan fingerprint density at radius 3 is 3.00 bits per heavy atom. The first-order valence-corrected chi connectivity index (χ1v) is 7.84. The zero-order valence-electron chi connectivity index (χ0n) is 13.6. The van der Waals surface area contributed by atoms with Crippen LogP contribution in [0.2, 0.25) is 0 Å². The van der Waals surface area contributed by atoms with E-state index in [9.17, 15) is 13.6 Å². The fraction of sp³-hybridized carbons (Fsp3) is 0.412. The number of aromatic nitrogens is 1. The lowest BCUT2D eigenvalue weighted by molar-refractivity contribution is -0.119. The van der Waals surface area contributed by atoms with Crippen LogP contribution in [0.15, 0.2) is 22.6 Å². The molecule has 3 rings (SSSR count). The van der Waals surface area contributed by atoms with Crippen LogP contribution in [0.3, 0.4) is 0 Å². The summed E-state index contributed by atoms with van der Waals surface area (Å²) in [6, 6.07) is 4.05. The van der Waals surface area contributed by atoms with Crippen molar-refractivity contribution >= 4 is 5.91 Å². The third kappa shape index (κ3) is 3.46. The molecule has 1 aromatic heterocycles. The van der Waals surface area contributed by atoms with Crippen LogP contribution in [0.4, 0.5) is 8.78 Å². The van der Waals surface area contributed by atoms with Crippen LogP contribution in [0.1, 0.15) is 24.8 Å². The lowest BCUT2D eigenvalue weighted by Gasteiger charge is -2.15. The van der Waals surface area contributed by atoms with Gasteiger partial charge in [0, 0.05) is 32.6 Å². The van der Waals surface area contributed by atoms with Crippen molar-refractivity contribution in [1.82, 2.24) is 15.2 Å². The molecule has 1 atom stereocenters. The second kappa shape index (κ2) is 6.68. The van der Waals surface area contributed by atoms with Crippen molar-refractivity contribution in [2.75, 3.05) is 13.1 Å². The van der Waals surface area contributed by atoms with E-state index in [1.54, 1.807) is 6.92 Å². The van der Waals surface area contributed by atoms with Crippen LogP contribution in [-0.2, 0) is 11.3 Å². The van der Waals surface area contributed by atoms with E-state index in [2.05, 4.69) is 15.2 Å². The smallest absolute Gasteiger partial charge is 0.229 e. The Morgan fingerprint density at radius 1 is 1.46 bits per heavy atom. The highest BCUT2D eigenvalue weighted by Gasteiger charge is 2.25. The number of likely N-dealkylation sites (tertiary alicyclic amines) is 1. The van der Waals surface area contributed by atoms with Gasteiger partial charge < -0.3 is 9.73 Å². The van der Waals surface area contributed by atoms with Crippen LogP contribution in [0, 0.1) is 18.6 Å². The molecule has 24 heavy (non-hydrogen) atoms. The molecule has 0 spiro atoms. The monoisotopic (exact) mass is 335 g/mol. The van der Waals surface area contributed by atoms with Crippen molar-refractivity contribution in [3.8, 4) is 11.5 Å². The van der Waals surface area contributed by atoms with Gasteiger partial charge in [-0.2, -0.15) is 0 Å². The van der Waals surface area contributed by atoms with Gasteiger partial charge in [0.2, 0.25) is 11.8 Å². The average Bonchev–Trinajstić information content (AvgIpc) is 3.09. The van der Waals surface area contributed by atoms with Crippen molar-refractivity contribution in [2.24, 2.45) is 0 Å². The summed E-state index contributed by atoms with van der Waals surface area (Å²) in [6.45, 7) is 5.37. The molecule has 0 bridgehead atoms.